The fourth-order valence-corrected chi connectivity index (χ4v) is 2.77. The smallest absolute Gasteiger partial charge is 0.262 e. The second-order valence-electron chi connectivity index (χ2n) is 4.29. The summed E-state index contributed by atoms with van der Waals surface area (Å²) in [5.74, 6) is 0.00845. The summed E-state index contributed by atoms with van der Waals surface area (Å²) in [6.07, 6.45) is 1.45. The van der Waals surface area contributed by atoms with Gasteiger partial charge in [0, 0.05) is 20.6 Å². The number of likely N-dealkylation sites (N-methyl/N-ethyl adjacent to an activating group) is 1. The van der Waals surface area contributed by atoms with Crippen LogP contribution in [0.1, 0.15) is 13.8 Å². The van der Waals surface area contributed by atoms with Crippen LogP contribution in [0.15, 0.2) is 11.4 Å². The third kappa shape index (κ3) is 3.21. The number of sulfonamides is 1. The molecule has 0 spiro atoms. The molecule has 0 aliphatic rings. The van der Waals surface area contributed by atoms with Crippen LogP contribution in [0.4, 0.5) is 5.82 Å². The number of hydrogen-bond acceptors (Lipinski definition) is 5. The molecule has 7 nitrogen and oxygen atoms in total. The Morgan fingerprint density at radius 3 is 2.61 bits per heavy atom. The molecule has 0 radical (unpaired) electrons. The predicted molar refractivity (Wildman–Crippen MR) is 68.5 cm³/mol. The van der Waals surface area contributed by atoms with Crippen LogP contribution in [0, 0.1) is 0 Å². The average Bonchev–Trinajstić information content (AvgIpc) is 2.58. The molecule has 0 amide bonds. The lowest BCUT2D eigenvalue weighted by atomic mass is 10.5. The molecule has 1 aromatic heterocycles. The molecule has 0 unspecified atom stereocenters. The van der Waals surface area contributed by atoms with E-state index in [1.807, 2.05) is 13.8 Å². The van der Waals surface area contributed by atoms with Gasteiger partial charge in [0.1, 0.15) is 0 Å². The molecule has 0 bridgehead atoms. The van der Waals surface area contributed by atoms with Crippen LogP contribution in [0.2, 0.25) is 0 Å². The van der Waals surface area contributed by atoms with Crippen LogP contribution >= 0.6 is 0 Å². The molecular weight excluding hydrogens is 256 g/mol. The monoisotopic (exact) mass is 276 g/mol. The zero-order valence-corrected chi connectivity index (χ0v) is 11.9. The summed E-state index contributed by atoms with van der Waals surface area (Å²) < 4.78 is 32.4. The molecule has 0 atom stereocenters. The van der Waals surface area contributed by atoms with E-state index < -0.39 is 10.0 Å². The standard InChI is InChI=1S/C10H20N4O3S/c1-8(2)17-6-5-14(4)18(15,16)10-9(11)12-7-13(10)3/h7-8H,5-6,11H2,1-4H3. The highest BCUT2D eigenvalue weighted by Crippen LogP contribution is 2.19. The minimum Gasteiger partial charge on any atom is -0.381 e. The first-order valence-electron chi connectivity index (χ1n) is 5.61. The second-order valence-corrected chi connectivity index (χ2v) is 6.25. The summed E-state index contributed by atoms with van der Waals surface area (Å²) in [6.45, 7) is 4.40. The molecule has 2 N–H and O–H groups in total. The number of imidazole rings is 1. The van der Waals surface area contributed by atoms with Crippen LogP contribution in [0.5, 0.6) is 0 Å². The highest BCUT2D eigenvalue weighted by Gasteiger charge is 2.27. The van der Waals surface area contributed by atoms with E-state index in [1.165, 1.54) is 22.2 Å². The Balaban J connectivity index is 2.81. The number of aryl methyl sites for hydroxylation is 1. The fourth-order valence-electron chi connectivity index (χ4n) is 1.44. The number of anilines is 1. The maximum absolute atomic E-state index is 12.2. The van der Waals surface area contributed by atoms with Crippen molar-refractivity contribution in [1.82, 2.24) is 13.9 Å². The van der Waals surface area contributed by atoms with Crippen molar-refractivity contribution in [2.45, 2.75) is 25.0 Å². The Hall–Kier alpha value is -1.12. The summed E-state index contributed by atoms with van der Waals surface area (Å²) in [5, 5.41) is 0.00884. The Kier molecular flexibility index (Phi) is 4.71. The van der Waals surface area contributed by atoms with Gasteiger partial charge in [-0.25, -0.2) is 13.4 Å². The number of nitrogens with zero attached hydrogens (tertiary/aromatic N) is 3. The van der Waals surface area contributed by atoms with Crippen molar-refractivity contribution in [2.75, 3.05) is 25.9 Å². The maximum Gasteiger partial charge on any atom is 0.262 e. The molecule has 0 aromatic carbocycles. The van der Waals surface area contributed by atoms with Gasteiger partial charge in [-0.15, -0.1) is 0 Å². The van der Waals surface area contributed by atoms with Gasteiger partial charge in [0.15, 0.2) is 10.8 Å². The number of nitrogen functional groups attached to an aromatic ring is 1. The average molecular weight is 276 g/mol. The second kappa shape index (κ2) is 5.68. The molecule has 0 aliphatic heterocycles. The molecule has 18 heavy (non-hydrogen) atoms. The summed E-state index contributed by atoms with van der Waals surface area (Å²) in [4.78, 5) is 3.78. The van der Waals surface area contributed by atoms with Crippen molar-refractivity contribution in [3.8, 4) is 0 Å². The molecule has 1 rings (SSSR count). The van der Waals surface area contributed by atoms with E-state index >= 15 is 0 Å². The fraction of sp³-hybridized carbons (Fsp3) is 0.700. The molecular formula is C10H20N4O3S. The van der Waals surface area contributed by atoms with Gasteiger partial charge in [-0.3, -0.25) is 0 Å². The van der Waals surface area contributed by atoms with Crippen LogP contribution < -0.4 is 5.73 Å². The molecule has 8 heteroatoms. The number of rotatable bonds is 6. The Labute approximate surface area is 108 Å². The zero-order valence-electron chi connectivity index (χ0n) is 11.1. The lowest BCUT2D eigenvalue weighted by molar-refractivity contribution is 0.0736. The number of aromatic nitrogens is 2. The first-order valence-corrected chi connectivity index (χ1v) is 7.05. The molecule has 0 fully saturated rings. The topological polar surface area (TPSA) is 90.4 Å². The molecule has 104 valence electrons. The normalized spacial score (nSPS) is 12.6. The van der Waals surface area contributed by atoms with Crippen LogP contribution in [0.25, 0.3) is 0 Å². The summed E-state index contributed by atoms with van der Waals surface area (Å²) >= 11 is 0. The van der Waals surface area contributed by atoms with Gasteiger partial charge < -0.3 is 15.0 Å². The van der Waals surface area contributed by atoms with Gasteiger partial charge >= 0.3 is 0 Å². The van der Waals surface area contributed by atoms with E-state index in [0.29, 0.717) is 6.61 Å². The molecule has 0 saturated carbocycles. The number of nitrogens with two attached hydrogens (primary N) is 1. The van der Waals surface area contributed by atoms with Gasteiger partial charge in [0.25, 0.3) is 10.0 Å². The molecule has 1 aromatic rings. The van der Waals surface area contributed by atoms with Crippen molar-refractivity contribution in [2.24, 2.45) is 7.05 Å². The van der Waals surface area contributed by atoms with E-state index in [-0.39, 0.29) is 23.5 Å². The van der Waals surface area contributed by atoms with Gasteiger partial charge in [0.05, 0.1) is 19.0 Å². The van der Waals surface area contributed by atoms with Gasteiger partial charge in [0.2, 0.25) is 0 Å². The zero-order chi connectivity index (χ0) is 13.9. The van der Waals surface area contributed by atoms with E-state index in [1.54, 1.807) is 7.05 Å². The van der Waals surface area contributed by atoms with Crippen molar-refractivity contribution < 1.29 is 13.2 Å². The summed E-state index contributed by atoms with van der Waals surface area (Å²) in [7, 11) is -0.543. The van der Waals surface area contributed by atoms with Gasteiger partial charge in [-0.2, -0.15) is 4.31 Å². The first-order chi connectivity index (χ1) is 8.26. The highest BCUT2D eigenvalue weighted by molar-refractivity contribution is 7.89. The van der Waals surface area contributed by atoms with E-state index in [9.17, 15) is 8.42 Å². The van der Waals surface area contributed by atoms with Gasteiger partial charge in [-0.05, 0) is 13.8 Å². The number of hydrogen-bond donors (Lipinski definition) is 1. The minimum absolute atomic E-state index is 0.00845. The lowest BCUT2D eigenvalue weighted by Gasteiger charge is -2.18. The highest BCUT2D eigenvalue weighted by atomic mass is 32.2. The quantitative estimate of drug-likeness (QED) is 0.792. The first kappa shape index (κ1) is 14.9. The van der Waals surface area contributed by atoms with Crippen molar-refractivity contribution in [3.05, 3.63) is 6.33 Å². The third-order valence-electron chi connectivity index (χ3n) is 2.42. The van der Waals surface area contributed by atoms with E-state index in [0.717, 1.165) is 0 Å². The van der Waals surface area contributed by atoms with Crippen LogP contribution in [-0.4, -0.2) is 48.6 Å². The third-order valence-corrected chi connectivity index (χ3v) is 4.41. The van der Waals surface area contributed by atoms with Gasteiger partial charge in [-0.1, -0.05) is 0 Å². The van der Waals surface area contributed by atoms with Crippen molar-refractivity contribution in [1.29, 1.82) is 0 Å². The van der Waals surface area contributed by atoms with Crippen molar-refractivity contribution in [3.63, 3.8) is 0 Å². The SMILES string of the molecule is CC(C)OCCN(C)S(=O)(=O)c1c(N)ncn1C. The maximum atomic E-state index is 12.2. The summed E-state index contributed by atoms with van der Waals surface area (Å²) in [6, 6.07) is 0. The predicted octanol–water partition coefficient (Wildman–Crippen LogP) is 0.0478. The Morgan fingerprint density at radius 2 is 2.17 bits per heavy atom. The summed E-state index contributed by atoms with van der Waals surface area (Å²) in [5.41, 5.74) is 5.57. The van der Waals surface area contributed by atoms with E-state index in [4.69, 9.17) is 10.5 Å². The van der Waals surface area contributed by atoms with E-state index in [2.05, 4.69) is 4.98 Å². The molecule has 0 saturated heterocycles. The minimum atomic E-state index is -3.63. The van der Waals surface area contributed by atoms with Crippen LogP contribution in [-0.2, 0) is 21.8 Å². The Bertz CT molecular complexity index is 476. The Morgan fingerprint density at radius 1 is 1.56 bits per heavy atom. The van der Waals surface area contributed by atoms with Crippen molar-refractivity contribution >= 4 is 15.8 Å². The lowest BCUT2D eigenvalue weighted by Crippen LogP contribution is -2.32. The van der Waals surface area contributed by atoms with Crippen LogP contribution in [0.3, 0.4) is 0 Å². The molecule has 0 aliphatic carbocycles. The number of ether oxygens (including phenoxy) is 1. The largest absolute Gasteiger partial charge is 0.381 e. The molecule has 1 heterocycles.